The summed E-state index contributed by atoms with van der Waals surface area (Å²) >= 11 is 0. The highest BCUT2D eigenvalue weighted by Gasteiger charge is 2.08. The SMILES string of the molecule is Cc1cccc(C)c1OCC(O)CNCc1ccccn1. The molecule has 2 aromatic rings. The zero-order valence-electron chi connectivity index (χ0n) is 12.5. The van der Waals surface area contributed by atoms with Gasteiger partial charge in [-0.15, -0.1) is 0 Å². The third kappa shape index (κ3) is 4.85. The fourth-order valence-electron chi connectivity index (χ4n) is 2.13. The second kappa shape index (κ2) is 7.76. The van der Waals surface area contributed by atoms with Crippen LogP contribution in [-0.4, -0.2) is 29.3 Å². The summed E-state index contributed by atoms with van der Waals surface area (Å²) in [7, 11) is 0. The van der Waals surface area contributed by atoms with Crippen molar-refractivity contribution in [2.24, 2.45) is 0 Å². The van der Waals surface area contributed by atoms with E-state index in [0.717, 1.165) is 22.6 Å². The number of hydrogen-bond donors (Lipinski definition) is 2. The molecule has 0 fully saturated rings. The number of rotatable bonds is 7. The lowest BCUT2D eigenvalue weighted by atomic mass is 10.1. The first-order chi connectivity index (χ1) is 10.2. The number of ether oxygens (including phenoxy) is 1. The standard InChI is InChI=1S/C17H22N2O2/c1-13-6-5-7-14(2)17(13)21-12-16(20)11-18-10-15-8-3-4-9-19-15/h3-9,16,18,20H,10-12H2,1-2H3. The second-order valence-corrected chi connectivity index (χ2v) is 5.14. The van der Waals surface area contributed by atoms with Gasteiger partial charge in [-0.2, -0.15) is 0 Å². The van der Waals surface area contributed by atoms with Crippen molar-refractivity contribution in [2.75, 3.05) is 13.2 Å². The van der Waals surface area contributed by atoms with Gasteiger partial charge in [0.05, 0.1) is 5.69 Å². The van der Waals surface area contributed by atoms with Gasteiger partial charge >= 0.3 is 0 Å². The molecule has 0 aliphatic heterocycles. The Morgan fingerprint density at radius 3 is 2.57 bits per heavy atom. The summed E-state index contributed by atoms with van der Waals surface area (Å²) in [5, 5.41) is 13.1. The molecule has 0 radical (unpaired) electrons. The van der Waals surface area contributed by atoms with Gasteiger partial charge in [-0.1, -0.05) is 24.3 Å². The number of benzene rings is 1. The van der Waals surface area contributed by atoms with Crippen molar-refractivity contribution in [3.05, 3.63) is 59.4 Å². The van der Waals surface area contributed by atoms with Crippen molar-refractivity contribution in [2.45, 2.75) is 26.5 Å². The zero-order chi connectivity index (χ0) is 15.1. The number of hydrogen-bond acceptors (Lipinski definition) is 4. The Morgan fingerprint density at radius 1 is 1.14 bits per heavy atom. The molecule has 0 bridgehead atoms. The Hall–Kier alpha value is -1.91. The van der Waals surface area contributed by atoms with Gasteiger partial charge in [0.1, 0.15) is 18.5 Å². The number of pyridine rings is 1. The van der Waals surface area contributed by atoms with Crippen LogP contribution < -0.4 is 10.1 Å². The molecule has 0 saturated heterocycles. The fraction of sp³-hybridized carbons (Fsp3) is 0.353. The highest BCUT2D eigenvalue weighted by atomic mass is 16.5. The second-order valence-electron chi connectivity index (χ2n) is 5.14. The summed E-state index contributed by atoms with van der Waals surface area (Å²) in [5.74, 6) is 0.862. The van der Waals surface area contributed by atoms with E-state index in [1.807, 2.05) is 50.2 Å². The molecule has 0 saturated carbocycles. The number of aliphatic hydroxyl groups excluding tert-OH is 1. The van der Waals surface area contributed by atoms with Crippen LogP contribution in [0, 0.1) is 13.8 Å². The average Bonchev–Trinajstić information content (AvgIpc) is 2.48. The molecule has 1 unspecified atom stereocenters. The van der Waals surface area contributed by atoms with Crippen molar-refractivity contribution in [3.63, 3.8) is 0 Å². The van der Waals surface area contributed by atoms with Crippen LogP contribution in [-0.2, 0) is 6.54 Å². The first kappa shape index (κ1) is 15.5. The van der Waals surface area contributed by atoms with E-state index in [0.29, 0.717) is 13.1 Å². The van der Waals surface area contributed by atoms with Crippen LogP contribution in [0.1, 0.15) is 16.8 Å². The summed E-state index contributed by atoms with van der Waals surface area (Å²) < 4.78 is 5.73. The van der Waals surface area contributed by atoms with Crippen molar-refractivity contribution >= 4 is 0 Å². The van der Waals surface area contributed by atoms with E-state index in [9.17, 15) is 5.11 Å². The van der Waals surface area contributed by atoms with Crippen molar-refractivity contribution in [3.8, 4) is 5.75 Å². The molecule has 0 spiro atoms. The average molecular weight is 286 g/mol. The lowest BCUT2D eigenvalue weighted by Gasteiger charge is -2.16. The number of aryl methyl sites for hydroxylation is 2. The Bertz CT molecular complexity index is 538. The molecule has 4 heteroatoms. The molecule has 4 nitrogen and oxygen atoms in total. The molecule has 21 heavy (non-hydrogen) atoms. The van der Waals surface area contributed by atoms with E-state index >= 15 is 0 Å². The summed E-state index contributed by atoms with van der Waals surface area (Å²) in [6.07, 6.45) is 1.21. The summed E-state index contributed by atoms with van der Waals surface area (Å²) in [5.41, 5.74) is 3.13. The number of aromatic nitrogens is 1. The molecule has 1 atom stereocenters. The molecule has 2 rings (SSSR count). The van der Waals surface area contributed by atoms with Crippen LogP contribution in [0.25, 0.3) is 0 Å². The van der Waals surface area contributed by atoms with E-state index in [1.165, 1.54) is 0 Å². The lowest BCUT2D eigenvalue weighted by molar-refractivity contribution is 0.105. The molecule has 1 aromatic heterocycles. The van der Waals surface area contributed by atoms with E-state index in [-0.39, 0.29) is 6.61 Å². The molecule has 2 N–H and O–H groups in total. The predicted molar refractivity (Wildman–Crippen MR) is 83.4 cm³/mol. The Morgan fingerprint density at radius 2 is 1.90 bits per heavy atom. The molecule has 1 heterocycles. The quantitative estimate of drug-likeness (QED) is 0.819. The predicted octanol–water partition coefficient (Wildman–Crippen LogP) is 2.23. The monoisotopic (exact) mass is 286 g/mol. The molecule has 0 aliphatic carbocycles. The van der Waals surface area contributed by atoms with Gasteiger partial charge in [-0.25, -0.2) is 0 Å². The van der Waals surface area contributed by atoms with Crippen LogP contribution >= 0.6 is 0 Å². The number of nitrogens with zero attached hydrogens (tertiary/aromatic N) is 1. The summed E-state index contributed by atoms with van der Waals surface area (Å²) in [6, 6.07) is 11.8. The minimum absolute atomic E-state index is 0.279. The van der Waals surface area contributed by atoms with Gasteiger partial charge in [0.15, 0.2) is 0 Å². The van der Waals surface area contributed by atoms with E-state index in [1.54, 1.807) is 6.20 Å². The minimum Gasteiger partial charge on any atom is -0.490 e. The topological polar surface area (TPSA) is 54.4 Å². The summed E-state index contributed by atoms with van der Waals surface area (Å²) in [6.45, 7) is 5.41. The van der Waals surface area contributed by atoms with E-state index in [4.69, 9.17) is 4.74 Å². The van der Waals surface area contributed by atoms with Crippen LogP contribution in [0.4, 0.5) is 0 Å². The maximum atomic E-state index is 9.96. The van der Waals surface area contributed by atoms with E-state index < -0.39 is 6.10 Å². The molecular formula is C17H22N2O2. The van der Waals surface area contributed by atoms with Gasteiger partial charge in [-0.05, 0) is 37.1 Å². The number of aliphatic hydroxyl groups is 1. The largest absolute Gasteiger partial charge is 0.490 e. The molecular weight excluding hydrogens is 264 g/mol. The third-order valence-corrected chi connectivity index (χ3v) is 3.24. The normalized spacial score (nSPS) is 12.1. The van der Waals surface area contributed by atoms with Gasteiger partial charge in [0.25, 0.3) is 0 Å². The van der Waals surface area contributed by atoms with Crippen molar-refractivity contribution in [1.82, 2.24) is 10.3 Å². The van der Waals surface area contributed by atoms with Crippen LogP contribution in [0.3, 0.4) is 0 Å². The number of para-hydroxylation sites is 1. The maximum absolute atomic E-state index is 9.96. The van der Waals surface area contributed by atoms with Gasteiger partial charge < -0.3 is 15.2 Å². The Balaban J connectivity index is 1.74. The molecule has 112 valence electrons. The molecule has 1 aromatic carbocycles. The third-order valence-electron chi connectivity index (χ3n) is 3.24. The minimum atomic E-state index is -0.548. The summed E-state index contributed by atoms with van der Waals surface area (Å²) in [4.78, 5) is 4.22. The molecule has 0 aliphatic rings. The van der Waals surface area contributed by atoms with Crippen molar-refractivity contribution in [1.29, 1.82) is 0 Å². The zero-order valence-corrected chi connectivity index (χ0v) is 12.5. The van der Waals surface area contributed by atoms with Crippen molar-refractivity contribution < 1.29 is 9.84 Å². The van der Waals surface area contributed by atoms with Gasteiger partial charge in [0, 0.05) is 19.3 Å². The Labute approximate surface area is 125 Å². The van der Waals surface area contributed by atoms with Crippen LogP contribution in [0.2, 0.25) is 0 Å². The Kier molecular flexibility index (Phi) is 5.72. The first-order valence-electron chi connectivity index (χ1n) is 7.14. The maximum Gasteiger partial charge on any atom is 0.125 e. The van der Waals surface area contributed by atoms with Gasteiger partial charge in [-0.3, -0.25) is 4.98 Å². The highest BCUT2D eigenvalue weighted by Crippen LogP contribution is 2.22. The smallest absolute Gasteiger partial charge is 0.125 e. The van der Waals surface area contributed by atoms with Gasteiger partial charge in [0.2, 0.25) is 0 Å². The first-order valence-corrected chi connectivity index (χ1v) is 7.14. The number of nitrogens with one attached hydrogen (secondary N) is 1. The van der Waals surface area contributed by atoms with Crippen LogP contribution in [0.5, 0.6) is 5.75 Å². The highest BCUT2D eigenvalue weighted by molar-refractivity contribution is 5.39. The molecule has 0 amide bonds. The van der Waals surface area contributed by atoms with Crippen LogP contribution in [0.15, 0.2) is 42.6 Å². The lowest BCUT2D eigenvalue weighted by Crippen LogP contribution is -2.31. The van der Waals surface area contributed by atoms with E-state index in [2.05, 4.69) is 10.3 Å². The fourth-order valence-corrected chi connectivity index (χ4v) is 2.13.